The van der Waals surface area contributed by atoms with Crippen LogP contribution >= 0.6 is 12.2 Å². The van der Waals surface area contributed by atoms with Crippen LogP contribution in [0.3, 0.4) is 0 Å². The minimum atomic E-state index is -4.76. The molecule has 1 aliphatic heterocycles. The van der Waals surface area contributed by atoms with E-state index in [1.807, 2.05) is 0 Å². The highest BCUT2D eigenvalue weighted by Crippen LogP contribution is 2.29. The number of carbonyl (C=O) groups is 1. The maximum Gasteiger partial charge on any atom is 0.573 e. The number of hydrogen-bond acceptors (Lipinski definition) is 7. The Balaban J connectivity index is 1.38. The van der Waals surface area contributed by atoms with Crippen molar-refractivity contribution in [2.75, 3.05) is 18.6 Å². The van der Waals surface area contributed by atoms with Crippen molar-refractivity contribution >= 4 is 35.1 Å². The molecule has 0 fully saturated rings. The molecule has 1 aliphatic rings. The van der Waals surface area contributed by atoms with Gasteiger partial charge in [-0.15, -0.1) is 18.3 Å². The van der Waals surface area contributed by atoms with Gasteiger partial charge in [0.15, 0.2) is 11.6 Å². The molecule has 1 aromatic carbocycles. The van der Waals surface area contributed by atoms with Gasteiger partial charge in [-0.05, 0) is 29.8 Å². The number of alkyl halides is 3. The third-order valence-electron chi connectivity index (χ3n) is 4.74. The first-order valence-corrected chi connectivity index (χ1v) is 10.3. The van der Waals surface area contributed by atoms with E-state index < -0.39 is 18.2 Å². The quantitative estimate of drug-likeness (QED) is 0.397. The summed E-state index contributed by atoms with van der Waals surface area (Å²) >= 11 is 5.49. The number of rotatable bonds is 5. The van der Waals surface area contributed by atoms with Crippen LogP contribution in [-0.4, -0.2) is 56.9 Å². The van der Waals surface area contributed by atoms with Gasteiger partial charge in [0.1, 0.15) is 18.7 Å². The van der Waals surface area contributed by atoms with E-state index in [1.165, 1.54) is 41.5 Å². The lowest BCUT2D eigenvalue weighted by molar-refractivity contribution is -0.274. The van der Waals surface area contributed by atoms with Crippen molar-refractivity contribution in [2.24, 2.45) is 10.9 Å². The summed E-state index contributed by atoms with van der Waals surface area (Å²) in [4.78, 5) is 26.8. The Morgan fingerprint density at radius 3 is 2.79 bits per heavy atom. The van der Waals surface area contributed by atoms with Gasteiger partial charge in [0.05, 0.1) is 17.5 Å². The minimum Gasteiger partial charge on any atom is -0.489 e. The largest absolute Gasteiger partial charge is 0.573 e. The molecule has 0 N–H and O–H groups in total. The fraction of sp³-hybridized carbons (Fsp3) is 0.238. The molecule has 0 saturated carbocycles. The molecule has 4 rings (SSSR count). The SMILES string of the molecule is CN1C(=S)[C@@H](/C=N\C(=O)c2ncn(Cc3ccc(OC(F)(F)F)cc3)n2)COc2cccnc21. The monoisotopic (exact) mass is 490 g/mol. The van der Waals surface area contributed by atoms with E-state index in [0.29, 0.717) is 22.1 Å². The lowest BCUT2D eigenvalue weighted by Crippen LogP contribution is -2.33. The fourth-order valence-electron chi connectivity index (χ4n) is 3.13. The molecule has 1 atom stereocenters. The number of amides is 1. The van der Waals surface area contributed by atoms with Gasteiger partial charge >= 0.3 is 12.3 Å². The predicted molar refractivity (Wildman–Crippen MR) is 119 cm³/mol. The minimum absolute atomic E-state index is 0.132. The maximum absolute atomic E-state index is 12.5. The van der Waals surface area contributed by atoms with Crippen molar-refractivity contribution in [3.05, 3.63) is 60.3 Å². The van der Waals surface area contributed by atoms with E-state index in [-0.39, 0.29) is 24.7 Å². The topological polar surface area (TPSA) is 94.7 Å². The first-order chi connectivity index (χ1) is 16.2. The Kier molecular flexibility index (Phi) is 6.54. The molecule has 0 saturated heterocycles. The average molecular weight is 490 g/mol. The summed E-state index contributed by atoms with van der Waals surface area (Å²) in [7, 11) is 1.76. The number of ether oxygens (including phenoxy) is 2. The van der Waals surface area contributed by atoms with E-state index in [2.05, 4.69) is 24.8 Å². The third-order valence-corrected chi connectivity index (χ3v) is 5.31. The molecule has 9 nitrogen and oxygen atoms in total. The van der Waals surface area contributed by atoms with Crippen LogP contribution in [0.15, 0.2) is 53.9 Å². The van der Waals surface area contributed by atoms with Crippen molar-refractivity contribution in [2.45, 2.75) is 12.9 Å². The Morgan fingerprint density at radius 1 is 1.29 bits per heavy atom. The van der Waals surface area contributed by atoms with Crippen LogP contribution in [0.1, 0.15) is 16.2 Å². The molecule has 1 amide bonds. The number of aromatic nitrogens is 4. The van der Waals surface area contributed by atoms with Crippen LogP contribution in [-0.2, 0) is 6.54 Å². The highest BCUT2D eigenvalue weighted by Gasteiger charge is 2.31. The summed E-state index contributed by atoms with van der Waals surface area (Å²) in [5, 5.41) is 4.08. The Bertz CT molecular complexity index is 1230. The van der Waals surface area contributed by atoms with Crippen LogP contribution in [0.4, 0.5) is 19.0 Å². The number of aliphatic imine (C=N–C) groups is 1. The average Bonchev–Trinajstić information content (AvgIpc) is 3.23. The molecular weight excluding hydrogens is 473 g/mol. The summed E-state index contributed by atoms with van der Waals surface area (Å²) in [6.45, 7) is 0.376. The Labute approximate surface area is 196 Å². The Hall–Kier alpha value is -3.87. The lowest BCUT2D eigenvalue weighted by Gasteiger charge is -2.19. The molecular formula is C21H17F3N6O3S. The second kappa shape index (κ2) is 9.55. The number of fused-ring (bicyclic) bond motifs is 1. The number of thiocarbonyl (C=S) groups is 1. The summed E-state index contributed by atoms with van der Waals surface area (Å²) in [6.07, 6.45) is -0.399. The molecule has 176 valence electrons. The molecule has 3 heterocycles. The number of hydrogen-bond donors (Lipinski definition) is 0. The van der Waals surface area contributed by atoms with Gasteiger partial charge in [0, 0.05) is 19.5 Å². The lowest BCUT2D eigenvalue weighted by atomic mass is 10.1. The highest BCUT2D eigenvalue weighted by atomic mass is 32.1. The highest BCUT2D eigenvalue weighted by molar-refractivity contribution is 7.80. The molecule has 0 aliphatic carbocycles. The predicted octanol–water partition coefficient (Wildman–Crippen LogP) is 3.30. The van der Waals surface area contributed by atoms with Gasteiger partial charge in [-0.2, -0.15) is 0 Å². The summed E-state index contributed by atoms with van der Waals surface area (Å²) in [5.74, 6) is -0.422. The summed E-state index contributed by atoms with van der Waals surface area (Å²) < 4.78 is 47.8. The van der Waals surface area contributed by atoms with Gasteiger partial charge < -0.3 is 14.4 Å². The van der Waals surface area contributed by atoms with E-state index in [9.17, 15) is 18.0 Å². The molecule has 0 radical (unpaired) electrons. The number of carbonyl (C=O) groups excluding carboxylic acids is 1. The number of benzene rings is 1. The number of anilines is 1. The number of pyridine rings is 1. The smallest absolute Gasteiger partial charge is 0.489 e. The molecule has 0 unspecified atom stereocenters. The molecule has 2 aromatic heterocycles. The maximum atomic E-state index is 12.5. The van der Waals surface area contributed by atoms with E-state index in [1.54, 1.807) is 30.3 Å². The number of halogens is 3. The molecule has 34 heavy (non-hydrogen) atoms. The molecule has 0 bridgehead atoms. The van der Waals surface area contributed by atoms with Crippen molar-refractivity contribution in [3.8, 4) is 11.5 Å². The van der Waals surface area contributed by atoms with Crippen LogP contribution in [0.2, 0.25) is 0 Å². The van der Waals surface area contributed by atoms with E-state index >= 15 is 0 Å². The van der Waals surface area contributed by atoms with Crippen LogP contribution in [0, 0.1) is 5.92 Å². The van der Waals surface area contributed by atoms with Crippen LogP contribution < -0.4 is 14.4 Å². The van der Waals surface area contributed by atoms with E-state index in [0.717, 1.165) is 0 Å². The first-order valence-electron chi connectivity index (χ1n) is 9.87. The first kappa shape index (κ1) is 23.3. The fourth-order valence-corrected chi connectivity index (χ4v) is 3.34. The van der Waals surface area contributed by atoms with Crippen molar-refractivity contribution in [3.63, 3.8) is 0 Å². The van der Waals surface area contributed by atoms with Crippen molar-refractivity contribution in [1.29, 1.82) is 0 Å². The normalized spacial score (nSPS) is 16.2. The van der Waals surface area contributed by atoms with Crippen LogP contribution in [0.25, 0.3) is 0 Å². The third kappa shape index (κ3) is 5.54. The van der Waals surface area contributed by atoms with Crippen molar-refractivity contribution < 1.29 is 27.4 Å². The second-order valence-electron chi connectivity index (χ2n) is 7.18. The zero-order valence-electron chi connectivity index (χ0n) is 17.6. The second-order valence-corrected chi connectivity index (χ2v) is 7.60. The molecule has 0 spiro atoms. The standard InChI is InChI=1S/C21H17F3N6O3S/c1-29-18-16(3-2-8-25-18)32-11-14(20(29)34)9-26-19(31)17-27-12-30(28-17)10-13-4-6-15(7-5-13)33-21(22,23)24/h2-9,12,14H,10-11H2,1H3/b26-9-/t14-/m0/s1. The molecule has 3 aromatic rings. The van der Waals surface area contributed by atoms with Gasteiger partial charge in [-0.25, -0.2) is 19.6 Å². The van der Waals surface area contributed by atoms with Gasteiger partial charge in [0.2, 0.25) is 5.82 Å². The van der Waals surface area contributed by atoms with E-state index in [4.69, 9.17) is 17.0 Å². The number of nitrogens with zero attached hydrogens (tertiary/aromatic N) is 6. The van der Waals surface area contributed by atoms with Gasteiger partial charge in [0.25, 0.3) is 0 Å². The van der Waals surface area contributed by atoms with Gasteiger partial charge in [-0.3, -0.25) is 4.79 Å². The van der Waals surface area contributed by atoms with Crippen LogP contribution in [0.5, 0.6) is 11.5 Å². The summed E-state index contributed by atoms with van der Waals surface area (Å²) in [6, 6.07) is 8.83. The zero-order valence-corrected chi connectivity index (χ0v) is 18.5. The van der Waals surface area contributed by atoms with Gasteiger partial charge in [-0.1, -0.05) is 24.4 Å². The molecule has 13 heteroatoms. The zero-order chi connectivity index (χ0) is 24.3. The summed E-state index contributed by atoms with van der Waals surface area (Å²) in [5.41, 5.74) is 0.638. The Morgan fingerprint density at radius 2 is 2.06 bits per heavy atom. The van der Waals surface area contributed by atoms with Crippen molar-refractivity contribution in [1.82, 2.24) is 19.7 Å².